The molecule has 5 heteroatoms. The average Bonchev–Trinajstić information content (AvgIpc) is 2.19. The zero-order chi connectivity index (χ0) is 13.1. The van der Waals surface area contributed by atoms with E-state index in [1.54, 1.807) is 25.4 Å². The number of hydrogen-bond acceptors (Lipinski definition) is 4. The number of nitrogen functional groups attached to an aromatic ring is 1. The molecule has 0 radical (unpaired) electrons. The van der Waals surface area contributed by atoms with Gasteiger partial charge in [0.1, 0.15) is 5.60 Å². The van der Waals surface area contributed by atoms with Gasteiger partial charge in [-0.3, -0.25) is 4.98 Å². The van der Waals surface area contributed by atoms with Crippen molar-refractivity contribution in [1.82, 2.24) is 9.88 Å². The molecule has 0 aliphatic rings. The number of carbonyl (C=O) groups excluding carboxylic acids is 1. The first kappa shape index (κ1) is 13.3. The molecule has 2 N–H and O–H groups in total. The smallest absolute Gasteiger partial charge is 0.410 e. The molecular weight excluding hydrogens is 218 g/mol. The minimum absolute atomic E-state index is 0.365. The number of ether oxygens (including phenoxy) is 1. The number of anilines is 1. The number of nitrogens with zero attached hydrogens (tertiary/aromatic N) is 2. The van der Waals surface area contributed by atoms with Crippen LogP contribution in [0.2, 0.25) is 0 Å². The van der Waals surface area contributed by atoms with Gasteiger partial charge in [0.05, 0.1) is 24.1 Å². The van der Waals surface area contributed by atoms with Crippen molar-refractivity contribution in [2.75, 3.05) is 12.8 Å². The maximum Gasteiger partial charge on any atom is 0.410 e. The Morgan fingerprint density at radius 3 is 2.59 bits per heavy atom. The summed E-state index contributed by atoms with van der Waals surface area (Å²) in [7, 11) is 1.67. The van der Waals surface area contributed by atoms with Gasteiger partial charge in [-0.2, -0.15) is 0 Å². The van der Waals surface area contributed by atoms with Gasteiger partial charge in [-0.15, -0.1) is 0 Å². The van der Waals surface area contributed by atoms with Crippen LogP contribution in [0.4, 0.5) is 10.5 Å². The molecule has 0 saturated carbocycles. The molecule has 0 saturated heterocycles. The quantitative estimate of drug-likeness (QED) is 0.854. The van der Waals surface area contributed by atoms with Crippen molar-refractivity contribution in [1.29, 1.82) is 0 Å². The van der Waals surface area contributed by atoms with Gasteiger partial charge in [-0.05, 0) is 32.9 Å². The highest BCUT2D eigenvalue weighted by molar-refractivity contribution is 5.67. The van der Waals surface area contributed by atoms with Crippen LogP contribution >= 0.6 is 0 Å². The number of rotatable bonds is 2. The van der Waals surface area contributed by atoms with E-state index in [1.165, 1.54) is 4.90 Å². The van der Waals surface area contributed by atoms with E-state index < -0.39 is 5.60 Å². The second-order valence-corrected chi connectivity index (χ2v) is 4.92. The molecular formula is C12H19N3O2. The summed E-state index contributed by atoms with van der Waals surface area (Å²) in [6.45, 7) is 5.90. The minimum atomic E-state index is -0.486. The fourth-order valence-electron chi connectivity index (χ4n) is 1.18. The Labute approximate surface area is 102 Å². The summed E-state index contributed by atoms with van der Waals surface area (Å²) in [5.74, 6) is 0. The molecule has 94 valence electrons. The number of pyridine rings is 1. The first-order chi connectivity index (χ1) is 7.78. The summed E-state index contributed by atoms with van der Waals surface area (Å²) in [6, 6.07) is 3.54. The number of carbonyl (C=O) groups is 1. The van der Waals surface area contributed by atoms with Crippen molar-refractivity contribution in [3.63, 3.8) is 0 Å². The number of nitrogens with two attached hydrogens (primary N) is 1. The summed E-state index contributed by atoms with van der Waals surface area (Å²) >= 11 is 0. The van der Waals surface area contributed by atoms with Crippen LogP contribution in [0.15, 0.2) is 18.3 Å². The van der Waals surface area contributed by atoms with Gasteiger partial charge < -0.3 is 15.4 Å². The Morgan fingerprint density at radius 1 is 1.47 bits per heavy atom. The first-order valence-electron chi connectivity index (χ1n) is 5.42. The van der Waals surface area contributed by atoms with E-state index >= 15 is 0 Å². The lowest BCUT2D eigenvalue weighted by molar-refractivity contribution is 0.0283. The third-order valence-electron chi connectivity index (χ3n) is 1.95. The van der Waals surface area contributed by atoms with Crippen molar-refractivity contribution in [3.8, 4) is 0 Å². The number of aromatic nitrogens is 1. The highest BCUT2D eigenvalue weighted by Crippen LogP contribution is 2.11. The van der Waals surface area contributed by atoms with E-state index in [0.717, 1.165) is 5.69 Å². The lowest BCUT2D eigenvalue weighted by atomic mass is 10.2. The molecule has 0 aliphatic carbocycles. The van der Waals surface area contributed by atoms with Crippen LogP contribution in [-0.2, 0) is 11.3 Å². The summed E-state index contributed by atoms with van der Waals surface area (Å²) in [5.41, 5.74) is 6.42. The number of amides is 1. The van der Waals surface area contributed by atoms with Gasteiger partial charge >= 0.3 is 6.09 Å². The minimum Gasteiger partial charge on any atom is -0.444 e. The molecule has 0 spiro atoms. The monoisotopic (exact) mass is 237 g/mol. The largest absolute Gasteiger partial charge is 0.444 e. The highest BCUT2D eigenvalue weighted by atomic mass is 16.6. The highest BCUT2D eigenvalue weighted by Gasteiger charge is 2.19. The maximum absolute atomic E-state index is 11.7. The summed E-state index contributed by atoms with van der Waals surface area (Å²) < 4.78 is 5.23. The molecule has 5 nitrogen and oxygen atoms in total. The maximum atomic E-state index is 11.7. The molecule has 0 unspecified atom stereocenters. The van der Waals surface area contributed by atoms with Crippen molar-refractivity contribution in [3.05, 3.63) is 24.0 Å². The topological polar surface area (TPSA) is 68.5 Å². The Morgan fingerprint density at radius 2 is 2.12 bits per heavy atom. The van der Waals surface area contributed by atoms with Crippen LogP contribution in [0, 0.1) is 0 Å². The molecule has 0 aromatic carbocycles. The van der Waals surface area contributed by atoms with Gasteiger partial charge in [0.15, 0.2) is 0 Å². The van der Waals surface area contributed by atoms with Crippen molar-refractivity contribution >= 4 is 11.8 Å². The predicted octanol–water partition coefficient (Wildman–Crippen LogP) is 2.03. The van der Waals surface area contributed by atoms with Crippen molar-refractivity contribution in [2.45, 2.75) is 32.9 Å². The molecule has 0 fully saturated rings. The fourth-order valence-corrected chi connectivity index (χ4v) is 1.18. The van der Waals surface area contributed by atoms with Crippen LogP contribution in [0.3, 0.4) is 0 Å². The van der Waals surface area contributed by atoms with Gasteiger partial charge in [-0.25, -0.2) is 4.79 Å². The first-order valence-corrected chi connectivity index (χ1v) is 5.42. The third-order valence-corrected chi connectivity index (χ3v) is 1.95. The van der Waals surface area contributed by atoms with Crippen LogP contribution < -0.4 is 5.73 Å². The second-order valence-electron chi connectivity index (χ2n) is 4.92. The molecule has 0 aliphatic heterocycles. The van der Waals surface area contributed by atoms with Gasteiger partial charge in [-0.1, -0.05) is 0 Å². The molecule has 1 amide bonds. The molecule has 1 rings (SSSR count). The standard InChI is InChI=1S/C12H19N3O2/c1-12(2,3)17-11(16)15(4)8-10-6-5-9(13)7-14-10/h5-7H,8,13H2,1-4H3. The lowest BCUT2D eigenvalue weighted by Gasteiger charge is -2.24. The van der Waals surface area contributed by atoms with E-state index in [9.17, 15) is 4.79 Å². The van der Waals surface area contributed by atoms with Gasteiger partial charge in [0, 0.05) is 7.05 Å². The van der Waals surface area contributed by atoms with Crippen LogP contribution in [0.25, 0.3) is 0 Å². The fraction of sp³-hybridized carbons (Fsp3) is 0.500. The molecule has 1 heterocycles. The Balaban J connectivity index is 2.57. The van der Waals surface area contributed by atoms with Crippen LogP contribution in [0.1, 0.15) is 26.5 Å². The van der Waals surface area contributed by atoms with Gasteiger partial charge in [0.2, 0.25) is 0 Å². The Kier molecular flexibility index (Phi) is 3.93. The normalized spacial score (nSPS) is 11.1. The van der Waals surface area contributed by atoms with Crippen LogP contribution in [0.5, 0.6) is 0 Å². The number of hydrogen-bond donors (Lipinski definition) is 1. The SMILES string of the molecule is CN(Cc1ccc(N)cn1)C(=O)OC(C)(C)C. The molecule has 17 heavy (non-hydrogen) atoms. The second kappa shape index (κ2) is 5.03. The van der Waals surface area contributed by atoms with E-state index in [1.807, 2.05) is 20.8 Å². The zero-order valence-corrected chi connectivity index (χ0v) is 10.7. The molecule has 0 bridgehead atoms. The van der Waals surface area contributed by atoms with E-state index in [4.69, 9.17) is 10.5 Å². The Hall–Kier alpha value is -1.78. The summed E-state index contributed by atoms with van der Waals surface area (Å²) in [5, 5.41) is 0. The van der Waals surface area contributed by atoms with Crippen molar-refractivity contribution < 1.29 is 9.53 Å². The van der Waals surface area contributed by atoms with E-state index in [-0.39, 0.29) is 6.09 Å². The summed E-state index contributed by atoms with van der Waals surface area (Å²) in [6.07, 6.45) is 1.20. The molecule has 0 atom stereocenters. The van der Waals surface area contributed by atoms with Gasteiger partial charge in [0.25, 0.3) is 0 Å². The summed E-state index contributed by atoms with van der Waals surface area (Å²) in [4.78, 5) is 17.3. The third kappa shape index (κ3) is 4.72. The van der Waals surface area contributed by atoms with E-state index in [2.05, 4.69) is 4.98 Å². The molecule has 1 aromatic rings. The van der Waals surface area contributed by atoms with Crippen molar-refractivity contribution in [2.24, 2.45) is 0 Å². The predicted molar refractivity (Wildman–Crippen MR) is 66.4 cm³/mol. The lowest BCUT2D eigenvalue weighted by Crippen LogP contribution is -2.34. The van der Waals surface area contributed by atoms with E-state index in [0.29, 0.717) is 12.2 Å². The Bertz CT molecular complexity index is 382. The van der Waals surface area contributed by atoms with Crippen LogP contribution in [-0.4, -0.2) is 28.6 Å². The zero-order valence-electron chi connectivity index (χ0n) is 10.7. The average molecular weight is 237 g/mol. The molecule has 1 aromatic heterocycles.